The predicted molar refractivity (Wildman–Crippen MR) is 83.7 cm³/mol. The first-order valence-corrected chi connectivity index (χ1v) is 7.42. The Morgan fingerprint density at radius 1 is 1.20 bits per heavy atom. The van der Waals surface area contributed by atoms with Crippen LogP contribution in [0.15, 0.2) is 61.4 Å². The molecule has 0 spiro atoms. The molecule has 1 aliphatic rings. The lowest BCUT2D eigenvalue weighted by Gasteiger charge is -1.94. The fourth-order valence-electron chi connectivity index (χ4n) is 1.64. The van der Waals surface area contributed by atoms with Gasteiger partial charge in [0.2, 0.25) is 0 Å². The molecule has 1 fully saturated rings. The Morgan fingerprint density at radius 3 is 2.70 bits per heavy atom. The van der Waals surface area contributed by atoms with Gasteiger partial charge in [0.15, 0.2) is 9.84 Å². The maximum absolute atomic E-state index is 11.9. The fourth-order valence-corrected chi connectivity index (χ4v) is 2.78. The Bertz CT molecular complexity index is 707. The molecule has 4 nitrogen and oxygen atoms in total. The summed E-state index contributed by atoms with van der Waals surface area (Å²) in [7, 11) is 0. The maximum Gasteiger partial charge on any atom is 0.264 e. The van der Waals surface area contributed by atoms with Gasteiger partial charge >= 0.3 is 0 Å². The molecule has 0 unspecified atom stereocenters. The summed E-state index contributed by atoms with van der Waals surface area (Å²) in [5, 5.41) is 3.30. The van der Waals surface area contributed by atoms with Gasteiger partial charge in [-0.05, 0) is 52.0 Å². The van der Waals surface area contributed by atoms with E-state index in [1.54, 1.807) is 18.2 Å². The van der Waals surface area contributed by atoms with Crippen LogP contribution in [0, 0.1) is 0 Å². The van der Waals surface area contributed by atoms with Crippen molar-refractivity contribution in [1.82, 2.24) is 5.32 Å². The summed E-state index contributed by atoms with van der Waals surface area (Å²) < 4.78 is 5.98. The number of nitrogens with one attached hydrogen (secondary N) is 1. The minimum atomic E-state index is -0.169. The van der Waals surface area contributed by atoms with Crippen LogP contribution in [0.3, 0.4) is 0 Å². The number of hydrogen-bond donors (Lipinski definition) is 1. The summed E-state index contributed by atoms with van der Waals surface area (Å²) in [4.78, 5) is 16.8. The van der Waals surface area contributed by atoms with E-state index in [0.717, 1.165) is 5.69 Å². The second-order valence-corrected chi connectivity index (χ2v) is 5.77. The standard InChI is InChI=1S/C14H9BrN2O2S/c15-12-7-6-10(19-12)8-11-13(18)17-14(20-11)16-9-4-2-1-3-5-9/h1-8H,(H,16,17,18)/b11-8+. The molecule has 0 radical (unpaired) electrons. The van der Waals surface area contributed by atoms with Gasteiger partial charge in [-0.3, -0.25) is 4.79 Å². The number of amidine groups is 1. The molecule has 0 saturated carbocycles. The van der Waals surface area contributed by atoms with Crippen LogP contribution in [0.5, 0.6) is 0 Å². The molecule has 2 heterocycles. The van der Waals surface area contributed by atoms with E-state index in [1.807, 2.05) is 30.3 Å². The molecular formula is C14H9BrN2O2S. The Labute approximate surface area is 128 Å². The topological polar surface area (TPSA) is 54.6 Å². The van der Waals surface area contributed by atoms with Gasteiger partial charge in [-0.1, -0.05) is 18.2 Å². The Hall–Kier alpha value is -1.79. The summed E-state index contributed by atoms with van der Waals surface area (Å²) in [6.45, 7) is 0. The van der Waals surface area contributed by atoms with E-state index in [-0.39, 0.29) is 5.91 Å². The van der Waals surface area contributed by atoms with Crippen molar-refractivity contribution in [2.24, 2.45) is 4.99 Å². The van der Waals surface area contributed by atoms with Crippen LogP contribution in [0.2, 0.25) is 0 Å². The van der Waals surface area contributed by atoms with Crippen molar-refractivity contribution in [3.8, 4) is 0 Å². The summed E-state index contributed by atoms with van der Waals surface area (Å²) >= 11 is 4.52. The molecular weight excluding hydrogens is 340 g/mol. The molecule has 3 rings (SSSR count). The van der Waals surface area contributed by atoms with E-state index in [0.29, 0.717) is 20.5 Å². The van der Waals surface area contributed by atoms with Gasteiger partial charge in [0.1, 0.15) is 5.76 Å². The third-order valence-corrected chi connectivity index (χ3v) is 3.84. The first-order chi connectivity index (χ1) is 9.70. The van der Waals surface area contributed by atoms with Crippen LogP contribution in [0.1, 0.15) is 5.76 Å². The van der Waals surface area contributed by atoms with Gasteiger partial charge in [-0.2, -0.15) is 0 Å². The number of amides is 1. The highest BCUT2D eigenvalue weighted by Crippen LogP contribution is 2.28. The van der Waals surface area contributed by atoms with E-state index < -0.39 is 0 Å². The monoisotopic (exact) mass is 348 g/mol. The number of halogens is 1. The molecule has 1 aromatic heterocycles. The molecule has 100 valence electrons. The number of nitrogens with zero attached hydrogens (tertiary/aromatic N) is 1. The molecule has 2 aromatic rings. The Kier molecular flexibility index (Phi) is 3.75. The molecule has 20 heavy (non-hydrogen) atoms. The molecule has 0 bridgehead atoms. The first-order valence-electron chi connectivity index (χ1n) is 5.81. The van der Waals surface area contributed by atoms with Gasteiger partial charge in [-0.15, -0.1) is 0 Å². The molecule has 0 aliphatic carbocycles. The van der Waals surface area contributed by atoms with E-state index in [4.69, 9.17) is 4.42 Å². The Balaban J connectivity index is 1.82. The average molecular weight is 349 g/mol. The van der Waals surface area contributed by atoms with Gasteiger partial charge < -0.3 is 9.73 Å². The van der Waals surface area contributed by atoms with Crippen LogP contribution in [-0.4, -0.2) is 11.1 Å². The average Bonchev–Trinajstić information content (AvgIpc) is 2.98. The zero-order valence-electron chi connectivity index (χ0n) is 10.2. The lowest BCUT2D eigenvalue weighted by atomic mass is 10.3. The minimum absolute atomic E-state index is 0.169. The van der Waals surface area contributed by atoms with Crippen LogP contribution in [0.25, 0.3) is 6.08 Å². The molecule has 6 heteroatoms. The van der Waals surface area contributed by atoms with Crippen LogP contribution in [-0.2, 0) is 4.79 Å². The SMILES string of the molecule is O=C1NC(=Nc2ccccc2)S/C1=C/c1ccc(Br)o1. The third kappa shape index (κ3) is 3.02. The number of benzene rings is 1. The summed E-state index contributed by atoms with van der Waals surface area (Å²) in [5.74, 6) is 0.452. The highest BCUT2D eigenvalue weighted by molar-refractivity contribution is 9.10. The lowest BCUT2D eigenvalue weighted by Crippen LogP contribution is -2.19. The van der Waals surface area contributed by atoms with Gasteiger partial charge in [0.05, 0.1) is 10.6 Å². The second-order valence-electron chi connectivity index (χ2n) is 3.96. The van der Waals surface area contributed by atoms with Crippen LogP contribution < -0.4 is 5.32 Å². The minimum Gasteiger partial charge on any atom is -0.450 e. The van der Waals surface area contributed by atoms with Crippen molar-refractivity contribution in [3.05, 3.63) is 57.8 Å². The zero-order valence-corrected chi connectivity index (χ0v) is 12.6. The Morgan fingerprint density at radius 2 is 2.00 bits per heavy atom. The first kappa shape index (κ1) is 13.2. The van der Waals surface area contributed by atoms with Crippen molar-refractivity contribution >= 4 is 50.5 Å². The van der Waals surface area contributed by atoms with Crippen molar-refractivity contribution in [1.29, 1.82) is 0 Å². The normalized spacial score (nSPS) is 18.8. The maximum atomic E-state index is 11.9. The van der Waals surface area contributed by atoms with E-state index in [2.05, 4.69) is 26.2 Å². The molecule has 1 aliphatic heterocycles. The van der Waals surface area contributed by atoms with Crippen molar-refractivity contribution < 1.29 is 9.21 Å². The van der Waals surface area contributed by atoms with Crippen molar-refractivity contribution in [3.63, 3.8) is 0 Å². The number of furan rings is 1. The summed E-state index contributed by atoms with van der Waals surface area (Å²) in [5.41, 5.74) is 0.803. The van der Waals surface area contributed by atoms with Crippen LogP contribution >= 0.6 is 27.7 Å². The number of aliphatic imine (C=N–C) groups is 1. The van der Waals surface area contributed by atoms with Gasteiger partial charge in [0, 0.05) is 6.08 Å². The number of hydrogen-bond acceptors (Lipinski definition) is 4. The third-order valence-electron chi connectivity index (χ3n) is 2.51. The number of carbonyl (C=O) groups excluding carboxylic acids is 1. The summed E-state index contributed by atoms with van der Waals surface area (Å²) in [6, 6.07) is 13.1. The number of thioether (sulfide) groups is 1. The number of rotatable bonds is 2. The largest absolute Gasteiger partial charge is 0.450 e. The molecule has 0 atom stereocenters. The summed E-state index contributed by atoms with van der Waals surface area (Å²) in [6.07, 6.45) is 1.69. The van der Waals surface area contributed by atoms with Crippen molar-refractivity contribution in [2.45, 2.75) is 0 Å². The zero-order chi connectivity index (χ0) is 13.9. The van der Waals surface area contributed by atoms with Crippen molar-refractivity contribution in [2.75, 3.05) is 0 Å². The van der Waals surface area contributed by atoms with E-state index >= 15 is 0 Å². The van der Waals surface area contributed by atoms with E-state index in [1.165, 1.54) is 11.8 Å². The smallest absolute Gasteiger partial charge is 0.264 e. The van der Waals surface area contributed by atoms with Gasteiger partial charge in [-0.25, -0.2) is 4.99 Å². The van der Waals surface area contributed by atoms with Crippen LogP contribution in [0.4, 0.5) is 5.69 Å². The van der Waals surface area contributed by atoms with Gasteiger partial charge in [0.25, 0.3) is 5.91 Å². The molecule has 1 saturated heterocycles. The van der Waals surface area contributed by atoms with E-state index in [9.17, 15) is 4.79 Å². The number of para-hydroxylation sites is 1. The quantitative estimate of drug-likeness (QED) is 0.836. The highest BCUT2D eigenvalue weighted by atomic mass is 79.9. The molecule has 1 amide bonds. The second kappa shape index (κ2) is 5.68. The highest BCUT2D eigenvalue weighted by Gasteiger charge is 2.24. The molecule has 1 N–H and O–H groups in total. The fraction of sp³-hybridized carbons (Fsp3) is 0. The number of carbonyl (C=O) groups is 1. The molecule has 1 aromatic carbocycles. The predicted octanol–water partition coefficient (Wildman–Crippen LogP) is 3.93. The lowest BCUT2D eigenvalue weighted by molar-refractivity contribution is -0.115.